The smallest absolute Gasteiger partial charge is 0.136 e. The second kappa shape index (κ2) is 4.27. The van der Waals surface area contributed by atoms with E-state index >= 15 is 0 Å². The van der Waals surface area contributed by atoms with Crippen molar-refractivity contribution in [2.45, 2.75) is 19.8 Å². The molecule has 0 unspecified atom stereocenters. The summed E-state index contributed by atoms with van der Waals surface area (Å²) >= 11 is 5.70. The molecule has 0 aliphatic rings. The van der Waals surface area contributed by atoms with Gasteiger partial charge in [-0.2, -0.15) is 0 Å². The molecule has 2 heteroatoms. The molecule has 12 heavy (non-hydrogen) atoms. The maximum atomic E-state index is 11.0. The topological polar surface area (TPSA) is 17.1 Å². The molecular weight excluding hydrogens is 172 g/mol. The van der Waals surface area contributed by atoms with Gasteiger partial charge < -0.3 is 0 Å². The van der Waals surface area contributed by atoms with Crippen molar-refractivity contribution in [3.8, 4) is 0 Å². The first-order valence-electron chi connectivity index (χ1n) is 3.98. The van der Waals surface area contributed by atoms with Gasteiger partial charge in [-0.3, -0.25) is 4.79 Å². The molecule has 0 radical (unpaired) electrons. The largest absolute Gasteiger partial charge is 0.299 e. The van der Waals surface area contributed by atoms with Gasteiger partial charge in [-0.1, -0.05) is 30.7 Å². The Balaban J connectivity index is 2.64. The van der Waals surface area contributed by atoms with Gasteiger partial charge in [0.2, 0.25) is 0 Å². The van der Waals surface area contributed by atoms with Gasteiger partial charge in [0.1, 0.15) is 5.78 Å². The van der Waals surface area contributed by atoms with Gasteiger partial charge in [-0.25, -0.2) is 0 Å². The highest BCUT2D eigenvalue weighted by molar-refractivity contribution is 6.30. The van der Waals surface area contributed by atoms with Gasteiger partial charge in [0, 0.05) is 17.9 Å². The summed E-state index contributed by atoms with van der Waals surface area (Å²) in [5.41, 5.74) is 1.03. The average Bonchev–Trinajstić information content (AvgIpc) is 2.09. The highest BCUT2D eigenvalue weighted by atomic mass is 35.5. The molecule has 0 spiro atoms. The number of ketones is 1. The van der Waals surface area contributed by atoms with E-state index in [1.165, 1.54) is 0 Å². The first-order chi connectivity index (χ1) is 5.72. The fraction of sp³-hybridized carbons (Fsp3) is 0.300. The second-order valence-electron chi connectivity index (χ2n) is 2.70. The van der Waals surface area contributed by atoms with Crippen molar-refractivity contribution in [1.29, 1.82) is 0 Å². The Bertz CT molecular complexity index is 264. The van der Waals surface area contributed by atoms with Crippen molar-refractivity contribution >= 4 is 17.4 Å². The predicted octanol–water partition coefficient (Wildman–Crippen LogP) is 2.86. The number of Topliss-reactive ketones (excluding diaryl/α,β-unsaturated/α-hetero) is 1. The molecule has 0 aliphatic carbocycles. The second-order valence-corrected chi connectivity index (χ2v) is 3.13. The van der Waals surface area contributed by atoms with Gasteiger partial charge in [0.25, 0.3) is 0 Å². The molecule has 1 aromatic carbocycles. The highest BCUT2D eigenvalue weighted by Crippen LogP contribution is 2.10. The number of carbonyl (C=O) groups excluding carboxylic acids is 1. The minimum Gasteiger partial charge on any atom is -0.299 e. The maximum Gasteiger partial charge on any atom is 0.136 e. The molecule has 0 saturated carbocycles. The molecule has 1 rings (SSSR count). The van der Waals surface area contributed by atoms with Crippen molar-refractivity contribution in [2.75, 3.05) is 0 Å². The van der Waals surface area contributed by atoms with E-state index in [9.17, 15) is 4.79 Å². The molecule has 0 aliphatic heterocycles. The monoisotopic (exact) mass is 182 g/mol. The highest BCUT2D eigenvalue weighted by Gasteiger charge is 1.99. The summed E-state index contributed by atoms with van der Waals surface area (Å²) in [4.78, 5) is 11.0. The van der Waals surface area contributed by atoms with Crippen molar-refractivity contribution in [3.63, 3.8) is 0 Å². The van der Waals surface area contributed by atoms with Gasteiger partial charge in [0.15, 0.2) is 0 Å². The number of carbonyl (C=O) groups is 1. The van der Waals surface area contributed by atoms with E-state index in [1.54, 1.807) is 12.1 Å². The number of benzene rings is 1. The zero-order valence-electron chi connectivity index (χ0n) is 7.01. The first-order valence-corrected chi connectivity index (χ1v) is 4.36. The molecule has 0 aromatic heterocycles. The standard InChI is InChI=1S/C10H11ClO/c1-2-10(12)7-8-3-5-9(11)6-4-8/h3-6H,2,7H2,1H3. The number of hydrogen-bond acceptors (Lipinski definition) is 1. The minimum absolute atomic E-state index is 0.261. The van der Waals surface area contributed by atoms with Crippen LogP contribution in [-0.2, 0) is 11.2 Å². The summed E-state index contributed by atoms with van der Waals surface area (Å²) in [6.45, 7) is 1.87. The van der Waals surface area contributed by atoms with Crippen LogP contribution >= 0.6 is 11.6 Å². The van der Waals surface area contributed by atoms with E-state index in [4.69, 9.17) is 11.6 Å². The fourth-order valence-corrected chi connectivity index (χ4v) is 1.08. The van der Waals surface area contributed by atoms with Gasteiger partial charge >= 0.3 is 0 Å². The van der Waals surface area contributed by atoms with Crippen LogP contribution in [0.1, 0.15) is 18.9 Å². The van der Waals surface area contributed by atoms with E-state index in [-0.39, 0.29) is 5.78 Å². The molecule has 0 N–H and O–H groups in total. The summed E-state index contributed by atoms with van der Waals surface area (Å²) in [5, 5.41) is 0.711. The Morgan fingerprint density at radius 2 is 1.92 bits per heavy atom. The summed E-state index contributed by atoms with van der Waals surface area (Å²) < 4.78 is 0. The summed E-state index contributed by atoms with van der Waals surface area (Å²) in [6.07, 6.45) is 1.12. The minimum atomic E-state index is 0.261. The zero-order chi connectivity index (χ0) is 8.97. The van der Waals surface area contributed by atoms with Crippen LogP contribution in [0.3, 0.4) is 0 Å². The Hall–Kier alpha value is -0.820. The molecule has 0 heterocycles. The molecular formula is C10H11ClO. The Labute approximate surface area is 77.4 Å². The normalized spacial score (nSPS) is 9.83. The van der Waals surface area contributed by atoms with Crippen LogP contribution in [0, 0.1) is 0 Å². The van der Waals surface area contributed by atoms with Crippen LogP contribution in [0.2, 0.25) is 5.02 Å². The van der Waals surface area contributed by atoms with Gasteiger partial charge in [-0.15, -0.1) is 0 Å². The lowest BCUT2D eigenvalue weighted by molar-refractivity contribution is -0.118. The van der Waals surface area contributed by atoms with E-state index in [0.29, 0.717) is 17.9 Å². The maximum absolute atomic E-state index is 11.0. The van der Waals surface area contributed by atoms with Crippen LogP contribution in [0.25, 0.3) is 0 Å². The van der Waals surface area contributed by atoms with E-state index in [2.05, 4.69) is 0 Å². The van der Waals surface area contributed by atoms with E-state index < -0.39 is 0 Å². The lowest BCUT2D eigenvalue weighted by Crippen LogP contribution is -1.99. The van der Waals surface area contributed by atoms with Crippen molar-refractivity contribution in [3.05, 3.63) is 34.9 Å². The van der Waals surface area contributed by atoms with Crippen LogP contribution < -0.4 is 0 Å². The van der Waals surface area contributed by atoms with Crippen LogP contribution in [-0.4, -0.2) is 5.78 Å². The Kier molecular flexibility index (Phi) is 3.30. The Morgan fingerprint density at radius 3 is 2.42 bits per heavy atom. The third kappa shape index (κ3) is 2.67. The zero-order valence-corrected chi connectivity index (χ0v) is 7.77. The van der Waals surface area contributed by atoms with Crippen molar-refractivity contribution in [1.82, 2.24) is 0 Å². The number of halogens is 1. The Morgan fingerprint density at radius 1 is 1.33 bits per heavy atom. The number of rotatable bonds is 3. The molecule has 0 atom stereocenters. The van der Waals surface area contributed by atoms with Crippen LogP contribution in [0.5, 0.6) is 0 Å². The van der Waals surface area contributed by atoms with Gasteiger partial charge in [0.05, 0.1) is 0 Å². The molecule has 0 bridgehead atoms. The quantitative estimate of drug-likeness (QED) is 0.703. The SMILES string of the molecule is CCC(=O)Cc1ccc(Cl)cc1. The predicted molar refractivity (Wildman–Crippen MR) is 50.5 cm³/mol. The lowest BCUT2D eigenvalue weighted by Gasteiger charge is -1.98. The molecule has 1 aromatic rings. The first kappa shape index (κ1) is 9.27. The average molecular weight is 183 g/mol. The van der Waals surface area contributed by atoms with Gasteiger partial charge in [-0.05, 0) is 17.7 Å². The molecule has 0 fully saturated rings. The third-order valence-corrected chi connectivity index (χ3v) is 1.96. The van der Waals surface area contributed by atoms with E-state index in [0.717, 1.165) is 5.56 Å². The van der Waals surface area contributed by atoms with Crippen LogP contribution in [0.4, 0.5) is 0 Å². The van der Waals surface area contributed by atoms with E-state index in [1.807, 2.05) is 19.1 Å². The molecule has 0 saturated heterocycles. The summed E-state index contributed by atoms with van der Waals surface area (Å²) in [5.74, 6) is 0.261. The van der Waals surface area contributed by atoms with Crippen molar-refractivity contribution < 1.29 is 4.79 Å². The third-order valence-electron chi connectivity index (χ3n) is 1.71. The fourth-order valence-electron chi connectivity index (χ4n) is 0.955. The van der Waals surface area contributed by atoms with Crippen molar-refractivity contribution in [2.24, 2.45) is 0 Å². The molecule has 0 amide bonds. The molecule has 64 valence electrons. The summed E-state index contributed by atoms with van der Waals surface area (Å²) in [6, 6.07) is 7.38. The number of hydrogen-bond donors (Lipinski definition) is 0. The summed E-state index contributed by atoms with van der Waals surface area (Å²) in [7, 11) is 0. The van der Waals surface area contributed by atoms with Crippen LogP contribution in [0.15, 0.2) is 24.3 Å². The molecule has 1 nitrogen and oxygen atoms in total. The lowest BCUT2D eigenvalue weighted by atomic mass is 10.1.